The van der Waals surface area contributed by atoms with Gasteiger partial charge in [0.15, 0.2) is 0 Å². The minimum atomic E-state index is -3.89. The van der Waals surface area contributed by atoms with Gasteiger partial charge in [0.25, 0.3) is 5.91 Å². The molecule has 0 bridgehead atoms. The van der Waals surface area contributed by atoms with Crippen molar-refractivity contribution in [1.82, 2.24) is 9.21 Å². The number of carbonyl (C=O) groups excluding carboxylic acids is 2. The molecule has 1 heterocycles. The molecule has 166 valence electrons. The van der Waals surface area contributed by atoms with E-state index in [-0.39, 0.29) is 5.91 Å². The van der Waals surface area contributed by atoms with E-state index in [0.29, 0.717) is 30.0 Å². The highest BCUT2D eigenvalue weighted by molar-refractivity contribution is 7.90. The molecule has 0 unspecified atom stereocenters. The van der Waals surface area contributed by atoms with Gasteiger partial charge in [0.05, 0.1) is 16.9 Å². The van der Waals surface area contributed by atoms with Gasteiger partial charge in [0.2, 0.25) is 5.91 Å². The molecule has 1 fully saturated rings. The lowest BCUT2D eigenvalue weighted by molar-refractivity contribution is -0.114. The first-order valence-corrected chi connectivity index (χ1v) is 11.6. The molecule has 3 rings (SSSR count). The SMILES string of the molecule is CN(C)S(=O)(=O)N(CC(=O)Nc1ccccc1C(=O)N1CCCCC1)c1ccccc1. The van der Waals surface area contributed by atoms with Crippen molar-refractivity contribution in [3.05, 3.63) is 60.2 Å². The maximum Gasteiger partial charge on any atom is 0.304 e. The van der Waals surface area contributed by atoms with E-state index in [9.17, 15) is 18.0 Å². The van der Waals surface area contributed by atoms with Gasteiger partial charge >= 0.3 is 10.2 Å². The van der Waals surface area contributed by atoms with Crippen molar-refractivity contribution in [3.63, 3.8) is 0 Å². The zero-order chi connectivity index (χ0) is 22.4. The molecule has 2 aromatic carbocycles. The van der Waals surface area contributed by atoms with E-state index in [0.717, 1.165) is 27.9 Å². The van der Waals surface area contributed by atoms with Crippen LogP contribution in [0, 0.1) is 0 Å². The molecule has 0 aliphatic carbocycles. The summed E-state index contributed by atoms with van der Waals surface area (Å²) in [5.41, 5.74) is 1.15. The van der Waals surface area contributed by atoms with Crippen LogP contribution in [0.2, 0.25) is 0 Å². The molecule has 8 nitrogen and oxygen atoms in total. The Labute approximate surface area is 183 Å². The smallest absolute Gasteiger partial charge is 0.304 e. The lowest BCUT2D eigenvalue weighted by Gasteiger charge is -2.28. The van der Waals surface area contributed by atoms with E-state index in [4.69, 9.17) is 0 Å². The van der Waals surface area contributed by atoms with Gasteiger partial charge in [-0.05, 0) is 43.5 Å². The van der Waals surface area contributed by atoms with E-state index in [1.165, 1.54) is 14.1 Å². The summed E-state index contributed by atoms with van der Waals surface area (Å²) in [4.78, 5) is 27.6. The number of amides is 2. The fourth-order valence-electron chi connectivity index (χ4n) is 3.46. The van der Waals surface area contributed by atoms with Crippen molar-refractivity contribution in [2.75, 3.05) is 43.4 Å². The molecule has 0 aromatic heterocycles. The number of anilines is 2. The van der Waals surface area contributed by atoms with E-state index < -0.39 is 22.7 Å². The molecule has 1 N–H and O–H groups in total. The summed E-state index contributed by atoms with van der Waals surface area (Å²) in [6.07, 6.45) is 3.04. The Kier molecular flexibility index (Phi) is 7.29. The minimum absolute atomic E-state index is 0.128. The number of hydrogen-bond donors (Lipinski definition) is 1. The van der Waals surface area contributed by atoms with Crippen LogP contribution in [0.4, 0.5) is 11.4 Å². The van der Waals surface area contributed by atoms with E-state index in [1.807, 2.05) is 0 Å². The van der Waals surface area contributed by atoms with Crippen molar-refractivity contribution < 1.29 is 18.0 Å². The molecule has 9 heteroatoms. The fraction of sp³-hybridized carbons (Fsp3) is 0.364. The number of benzene rings is 2. The molecule has 1 aliphatic heterocycles. The Morgan fingerprint density at radius 1 is 0.935 bits per heavy atom. The molecular formula is C22H28N4O4S. The van der Waals surface area contributed by atoms with Crippen LogP contribution in [0.15, 0.2) is 54.6 Å². The molecule has 0 saturated carbocycles. The Hall–Kier alpha value is -2.91. The third kappa shape index (κ3) is 5.42. The molecule has 1 aliphatic rings. The largest absolute Gasteiger partial charge is 0.339 e. The molecule has 0 radical (unpaired) electrons. The molecule has 0 atom stereocenters. The number of para-hydroxylation sites is 2. The normalized spacial score (nSPS) is 14.4. The van der Waals surface area contributed by atoms with Crippen molar-refractivity contribution in [2.24, 2.45) is 0 Å². The summed E-state index contributed by atoms with van der Waals surface area (Å²) in [6, 6.07) is 15.3. The lowest BCUT2D eigenvalue weighted by atomic mass is 10.1. The Balaban J connectivity index is 1.81. The zero-order valence-electron chi connectivity index (χ0n) is 17.8. The number of carbonyl (C=O) groups is 2. The average molecular weight is 445 g/mol. The van der Waals surface area contributed by atoms with Gasteiger partial charge in [0, 0.05) is 27.2 Å². The maximum absolute atomic E-state index is 13.0. The third-order valence-electron chi connectivity index (χ3n) is 5.15. The highest BCUT2D eigenvalue weighted by Crippen LogP contribution is 2.22. The monoisotopic (exact) mass is 444 g/mol. The van der Waals surface area contributed by atoms with Crippen LogP contribution < -0.4 is 9.62 Å². The summed E-state index contributed by atoms with van der Waals surface area (Å²) >= 11 is 0. The second-order valence-corrected chi connectivity index (χ2v) is 9.65. The van der Waals surface area contributed by atoms with Crippen molar-refractivity contribution in [3.8, 4) is 0 Å². The van der Waals surface area contributed by atoms with E-state index in [2.05, 4.69) is 5.32 Å². The second kappa shape index (κ2) is 9.93. The number of likely N-dealkylation sites (tertiary alicyclic amines) is 1. The maximum atomic E-state index is 13.0. The van der Waals surface area contributed by atoms with Crippen LogP contribution in [-0.2, 0) is 15.0 Å². The zero-order valence-corrected chi connectivity index (χ0v) is 18.6. The van der Waals surface area contributed by atoms with Crippen LogP contribution in [0.1, 0.15) is 29.6 Å². The Bertz CT molecular complexity index is 1020. The van der Waals surface area contributed by atoms with Crippen LogP contribution in [0.25, 0.3) is 0 Å². The van der Waals surface area contributed by atoms with Crippen LogP contribution >= 0.6 is 0 Å². The highest BCUT2D eigenvalue weighted by Gasteiger charge is 2.28. The minimum Gasteiger partial charge on any atom is -0.339 e. The van der Waals surface area contributed by atoms with Crippen molar-refractivity contribution in [2.45, 2.75) is 19.3 Å². The van der Waals surface area contributed by atoms with Gasteiger partial charge in [-0.3, -0.25) is 9.59 Å². The van der Waals surface area contributed by atoms with Gasteiger partial charge in [-0.2, -0.15) is 12.7 Å². The first-order valence-electron chi connectivity index (χ1n) is 10.2. The van der Waals surface area contributed by atoms with Gasteiger partial charge < -0.3 is 10.2 Å². The van der Waals surface area contributed by atoms with E-state index >= 15 is 0 Å². The Morgan fingerprint density at radius 2 is 1.55 bits per heavy atom. The predicted octanol–water partition coefficient (Wildman–Crippen LogP) is 2.56. The van der Waals surface area contributed by atoms with Crippen LogP contribution in [-0.4, -0.2) is 63.2 Å². The van der Waals surface area contributed by atoms with E-state index in [1.54, 1.807) is 59.5 Å². The molecule has 2 amide bonds. The first-order chi connectivity index (χ1) is 14.8. The van der Waals surface area contributed by atoms with Gasteiger partial charge in [-0.15, -0.1) is 0 Å². The average Bonchev–Trinajstić information content (AvgIpc) is 2.78. The summed E-state index contributed by atoms with van der Waals surface area (Å²) in [5, 5.41) is 2.73. The van der Waals surface area contributed by atoms with Crippen LogP contribution in [0.5, 0.6) is 0 Å². The lowest BCUT2D eigenvalue weighted by Crippen LogP contribution is -2.44. The van der Waals surface area contributed by atoms with Crippen molar-refractivity contribution in [1.29, 1.82) is 0 Å². The fourth-order valence-corrected chi connectivity index (χ4v) is 4.53. The third-order valence-corrected chi connectivity index (χ3v) is 6.97. The number of piperidine rings is 1. The molecule has 1 saturated heterocycles. The van der Waals surface area contributed by atoms with Crippen LogP contribution in [0.3, 0.4) is 0 Å². The number of nitrogens with zero attached hydrogens (tertiary/aromatic N) is 3. The van der Waals surface area contributed by atoms with Gasteiger partial charge in [-0.25, -0.2) is 4.31 Å². The summed E-state index contributed by atoms with van der Waals surface area (Å²) < 4.78 is 27.7. The summed E-state index contributed by atoms with van der Waals surface area (Å²) in [6.45, 7) is 0.977. The summed E-state index contributed by atoms with van der Waals surface area (Å²) in [5.74, 6) is -0.662. The highest BCUT2D eigenvalue weighted by atomic mass is 32.2. The first kappa shape index (κ1) is 22.8. The number of rotatable bonds is 7. The van der Waals surface area contributed by atoms with Crippen molar-refractivity contribution >= 4 is 33.4 Å². The van der Waals surface area contributed by atoms with Gasteiger partial charge in [0.1, 0.15) is 6.54 Å². The molecule has 0 spiro atoms. The van der Waals surface area contributed by atoms with Gasteiger partial charge in [-0.1, -0.05) is 30.3 Å². The molecule has 2 aromatic rings. The topological polar surface area (TPSA) is 90.0 Å². The molecule has 31 heavy (non-hydrogen) atoms. The predicted molar refractivity (Wildman–Crippen MR) is 121 cm³/mol. The summed E-state index contributed by atoms with van der Waals surface area (Å²) in [7, 11) is -1.07. The number of hydrogen-bond acceptors (Lipinski definition) is 4. The number of nitrogens with one attached hydrogen (secondary N) is 1. The second-order valence-electron chi connectivity index (χ2n) is 7.58. The quantitative estimate of drug-likeness (QED) is 0.711. The molecular weight excluding hydrogens is 416 g/mol. The Morgan fingerprint density at radius 3 is 2.19 bits per heavy atom. The standard InChI is InChI=1S/C22H28N4O4S/c1-24(2)31(29,30)26(18-11-5-3-6-12-18)17-21(27)23-20-14-8-7-13-19(20)22(28)25-15-9-4-10-16-25/h3,5-8,11-14H,4,9-10,15-17H2,1-2H3,(H,23,27).